The number of hydrogen-bond acceptors (Lipinski definition) is 3. The van der Waals surface area contributed by atoms with Gasteiger partial charge in [0.1, 0.15) is 5.75 Å². The molecule has 0 saturated heterocycles. The highest BCUT2D eigenvalue weighted by Crippen LogP contribution is 2.20. The van der Waals surface area contributed by atoms with Crippen LogP contribution in [0.25, 0.3) is 0 Å². The van der Waals surface area contributed by atoms with E-state index in [1.807, 2.05) is 12.1 Å². The number of benzene rings is 2. The van der Waals surface area contributed by atoms with E-state index in [9.17, 15) is 9.59 Å². The summed E-state index contributed by atoms with van der Waals surface area (Å²) in [5.41, 5.74) is 5.91. The lowest BCUT2D eigenvalue weighted by atomic mass is 10.2. The summed E-state index contributed by atoms with van der Waals surface area (Å²) in [6, 6.07) is 11.9. The van der Waals surface area contributed by atoms with Gasteiger partial charge in [0.05, 0.1) is 10.6 Å². The number of carbonyl (C=O) groups is 2. The van der Waals surface area contributed by atoms with Crippen LogP contribution in [0, 0.1) is 0 Å². The number of rotatable bonds is 5. The van der Waals surface area contributed by atoms with Crippen LogP contribution in [0.3, 0.4) is 0 Å². The molecule has 2 N–H and O–H groups in total. The molecule has 2 aromatic carbocycles. The van der Waals surface area contributed by atoms with Crippen molar-refractivity contribution >= 4 is 35.0 Å². The van der Waals surface area contributed by atoms with Gasteiger partial charge in [0.15, 0.2) is 6.61 Å². The van der Waals surface area contributed by atoms with Gasteiger partial charge in [0, 0.05) is 5.02 Å². The van der Waals surface area contributed by atoms with Crippen molar-refractivity contribution in [1.82, 2.24) is 10.9 Å². The molecule has 0 heterocycles. The van der Waals surface area contributed by atoms with Crippen LogP contribution in [0.15, 0.2) is 42.5 Å². The lowest BCUT2D eigenvalue weighted by molar-refractivity contribution is -0.123. The van der Waals surface area contributed by atoms with E-state index in [-0.39, 0.29) is 17.2 Å². The van der Waals surface area contributed by atoms with Gasteiger partial charge in [0.25, 0.3) is 11.8 Å². The van der Waals surface area contributed by atoms with E-state index in [4.69, 9.17) is 27.9 Å². The fourth-order valence-electron chi connectivity index (χ4n) is 1.87. The first-order valence-electron chi connectivity index (χ1n) is 7.25. The molecule has 0 bridgehead atoms. The maximum atomic E-state index is 11.9. The third kappa shape index (κ3) is 5.15. The van der Waals surface area contributed by atoms with Crippen LogP contribution in [0.2, 0.25) is 10.0 Å². The fraction of sp³-hybridized carbons (Fsp3) is 0.176. The molecule has 5 nitrogen and oxygen atoms in total. The second kappa shape index (κ2) is 8.57. The number of carbonyl (C=O) groups excluding carboxylic acids is 2. The molecule has 0 atom stereocenters. The summed E-state index contributed by atoms with van der Waals surface area (Å²) in [6.45, 7) is 1.83. The van der Waals surface area contributed by atoms with Crippen LogP contribution in [0.5, 0.6) is 5.75 Å². The number of halogens is 2. The summed E-state index contributed by atoms with van der Waals surface area (Å²) >= 11 is 11.7. The van der Waals surface area contributed by atoms with Crippen LogP contribution in [0.4, 0.5) is 0 Å². The van der Waals surface area contributed by atoms with Crippen molar-refractivity contribution in [1.29, 1.82) is 0 Å². The van der Waals surface area contributed by atoms with Crippen molar-refractivity contribution in [3.63, 3.8) is 0 Å². The maximum Gasteiger partial charge on any atom is 0.276 e. The third-order valence-corrected chi connectivity index (χ3v) is 3.74. The number of nitrogens with one attached hydrogen (secondary N) is 2. The van der Waals surface area contributed by atoms with Crippen LogP contribution in [0.1, 0.15) is 22.8 Å². The topological polar surface area (TPSA) is 67.4 Å². The molecular weight excluding hydrogens is 351 g/mol. The minimum atomic E-state index is -0.544. The van der Waals surface area contributed by atoms with Gasteiger partial charge in [-0.2, -0.15) is 0 Å². The van der Waals surface area contributed by atoms with Gasteiger partial charge >= 0.3 is 0 Å². The first kappa shape index (κ1) is 18.1. The number of hydrazine groups is 1. The zero-order valence-electron chi connectivity index (χ0n) is 12.9. The first-order chi connectivity index (χ1) is 11.5. The van der Waals surface area contributed by atoms with Gasteiger partial charge in [0.2, 0.25) is 0 Å². The minimum absolute atomic E-state index is 0.196. The molecule has 2 aromatic rings. The third-order valence-electron chi connectivity index (χ3n) is 3.19. The Balaban J connectivity index is 1.80. The van der Waals surface area contributed by atoms with Crippen LogP contribution < -0.4 is 15.6 Å². The summed E-state index contributed by atoms with van der Waals surface area (Å²) in [4.78, 5) is 23.6. The van der Waals surface area contributed by atoms with Crippen LogP contribution >= 0.6 is 23.2 Å². The Hall–Kier alpha value is -2.24. The fourth-order valence-corrected chi connectivity index (χ4v) is 2.37. The Bertz CT molecular complexity index is 733. The average molecular weight is 367 g/mol. The zero-order valence-corrected chi connectivity index (χ0v) is 14.4. The van der Waals surface area contributed by atoms with Crippen LogP contribution in [-0.2, 0) is 11.2 Å². The number of hydrogen-bond donors (Lipinski definition) is 2. The lowest BCUT2D eigenvalue weighted by Crippen LogP contribution is -2.43. The maximum absolute atomic E-state index is 11.9. The number of aryl methyl sites for hydroxylation is 1. The summed E-state index contributed by atoms with van der Waals surface area (Å²) in [7, 11) is 0. The highest BCUT2D eigenvalue weighted by molar-refractivity contribution is 6.36. The van der Waals surface area contributed by atoms with E-state index in [0.717, 1.165) is 6.42 Å². The van der Waals surface area contributed by atoms with Crippen molar-refractivity contribution in [2.45, 2.75) is 13.3 Å². The molecule has 0 saturated carbocycles. The van der Waals surface area contributed by atoms with Crippen LogP contribution in [-0.4, -0.2) is 18.4 Å². The van der Waals surface area contributed by atoms with E-state index in [1.165, 1.54) is 23.8 Å². The Morgan fingerprint density at radius 3 is 2.38 bits per heavy atom. The van der Waals surface area contributed by atoms with Crippen molar-refractivity contribution in [2.75, 3.05) is 6.61 Å². The van der Waals surface area contributed by atoms with Gasteiger partial charge in [-0.15, -0.1) is 0 Å². The molecule has 24 heavy (non-hydrogen) atoms. The Kier molecular flexibility index (Phi) is 6.46. The average Bonchev–Trinajstić information content (AvgIpc) is 2.58. The predicted octanol–water partition coefficient (Wildman–Crippen LogP) is 3.40. The molecule has 0 aliphatic heterocycles. The molecular formula is C17H16Cl2N2O3. The quantitative estimate of drug-likeness (QED) is 0.796. The van der Waals surface area contributed by atoms with E-state index in [0.29, 0.717) is 10.8 Å². The molecule has 0 aliphatic carbocycles. The van der Waals surface area contributed by atoms with Crippen molar-refractivity contribution in [3.05, 3.63) is 63.6 Å². The highest BCUT2D eigenvalue weighted by Gasteiger charge is 2.12. The van der Waals surface area contributed by atoms with E-state index in [2.05, 4.69) is 17.8 Å². The molecule has 0 spiro atoms. The second-order valence-electron chi connectivity index (χ2n) is 4.91. The number of ether oxygens (including phenoxy) is 1. The Labute approximate surface area is 149 Å². The molecule has 0 aromatic heterocycles. The van der Waals surface area contributed by atoms with Crippen molar-refractivity contribution in [3.8, 4) is 5.75 Å². The summed E-state index contributed by atoms with van der Waals surface area (Å²) in [5, 5.41) is 0.615. The summed E-state index contributed by atoms with van der Waals surface area (Å²) in [5.74, 6) is -0.459. The molecule has 126 valence electrons. The first-order valence-corrected chi connectivity index (χ1v) is 8.01. The van der Waals surface area contributed by atoms with E-state index in [1.54, 1.807) is 12.1 Å². The van der Waals surface area contributed by atoms with Gasteiger partial charge in [-0.05, 0) is 42.3 Å². The molecule has 2 rings (SSSR count). The van der Waals surface area contributed by atoms with Crippen molar-refractivity contribution < 1.29 is 14.3 Å². The van der Waals surface area contributed by atoms with Gasteiger partial charge in [-0.25, -0.2) is 0 Å². The normalized spacial score (nSPS) is 10.1. The molecule has 2 amide bonds. The smallest absolute Gasteiger partial charge is 0.276 e. The van der Waals surface area contributed by atoms with Gasteiger partial charge in [-0.3, -0.25) is 20.4 Å². The second-order valence-corrected chi connectivity index (χ2v) is 5.76. The molecule has 0 fully saturated rings. The lowest BCUT2D eigenvalue weighted by Gasteiger charge is -2.10. The molecule has 0 unspecified atom stereocenters. The van der Waals surface area contributed by atoms with Crippen molar-refractivity contribution in [2.24, 2.45) is 0 Å². The van der Waals surface area contributed by atoms with Gasteiger partial charge < -0.3 is 4.74 Å². The van der Waals surface area contributed by atoms with E-state index >= 15 is 0 Å². The molecule has 7 heteroatoms. The minimum Gasteiger partial charge on any atom is -0.484 e. The zero-order chi connectivity index (χ0) is 17.5. The molecule has 0 radical (unpaired) electrons. The molecule has 0 aliphatic rings. The summed E-state index contributed by atoms with van der Waals surface area (Å²) in [6.07, 6.45) is 0.931. The monoisotopic (exact) mass is 366 g/mol. The van der Waals surface area contributed by atoms with E-state index < -0.39 is 11.8 Å². The highest BCUT2D eigenvalue weighted by atomic mass is 35.5. The Morgan fingerprint density at radius 1 is 1.04 bits per heavy atom. The van der Waals surface area contributed by atoms with Gasteiger partial charge in [-0.1, -0.05) is 42.3 Å². The predicted molar refractivity (Wildman–Crippen MR) is 93.4 cm³/mol. The number of amides is 2. The SMILES string of the molecule is CCc1ccc(OCC(=O)NNC(=O)c2ccc(Cl)cc2Cl)cc1. The standard InChI is InChI=1S/C17H16Cl2N2O3/c1-2-11-3-6-13(7-4-11)24-10-16(22)20-21-17(23)14-8-5-12(18)9-15(14)19/h3-9H,2,10H2,1H3,(H,20,22)(H,21,23). The Morgan fingerprint density at radius 2 is 1.75 bits per heavy atom. The largest absolute Gasteiger partial charge is 0.484 e. The summed E-state index contributed by atoms with van der Waals surface area (Å²) < 4.78 is 5.34.